The second kappa shape index (κ2) is 6.78. The third kappa shape index (κ3) is 3.27. The average Bonchev–Trinajstić information content (AvgIpc) is 3.17. The van der Waals surface area contributed by atoms with Gasteiger partial charge in [0.1, 0.15) is 0 Å². The number of rotatable bonds is 3. The molecule has 0 amide bonds. The van der Waals surface area contributed by atoms with Crippen LogP contribution < -0.4 is 5.56 Å². The highest BCUT2D eigenvalue weighted by molar-refractivity contribution is 6.50. The van der Waals surface area contributed by atoms with E-state index in [9.17, 15) is 4.79 Å². The van der Waals surface area contributed by atoms with E-state index in [0.717, 1.165) is 11.3 Å². The minimum atomic E-state index is -0.283. The molecule has 0 fully saturated rings. The molecule has 0 aliphatic heterocycles. The predicted molar refractivity (Wildman–Crippen MR) is 105 cm³/mol. The second-order valence-corrected chi connectivity index (χ2v) is 6.47. The molecule has 7 heteroatoms. The Labute approximate surface area is 158 Å². The Hall–Kier alpha value is -2.89. The van der Waals surface area contributed by atoms with Crippen LogP contribution in [0.4, 0.5) is 0 Å². The van der Waals surface area contributed by atoms with E-state index in [1.807, 2.05) is 35.0 Å². The number of hydrogen-bond donors (Lipinski definition) is 1. The summed E-state index contributed by atoms with van der Waals surface area (Å²) in [5, 5.41) is 1.25. The maximum absolute atomic E-state index is 12.2. The lowest BCUT2D eigenvalue weighted by Crippen LogP contribution is -2.10. The highest BCUT2D eigenvalue weighted by atomic mass is 35.5. The van der Waals surface area contributed by atoms with Gasteiger partial charge >= 0.3 is 0 Å². The van der Waals surface area contributed by atoms with E-state index >= 15 is 0 Å². The second-order valence-electron chi connectivity index (χ2n) is 5.63. The number of aromatic nitrogens is 4. The number of halogens is 2. The van der Waals surface area contributed by atoms with Crippen molar-refractivity contribution in [1.82, 2.24) is 19.5 Å². The van der Waals surface area contributed by atoms with Gasteiger partial charge in [-0.05, 0) is 42.0 Å². The smallest absolute Gasteiger partial charge is 0.259 e. The van der Waals surface area contributed by atoms with Crippen molar-refractivity contribution in [2.24, 2.45) is 0 Å². The SMILES string of the molecule is O=c1[nH]c(/C(Cl)=C/c2ccc(-n3ccnc3)cc2)nc2ccc(Cl)cc12. The molecule has 2 heterocycles. The summed E-state index contributed by atoms with van der Waals surface area (Å²) in [4.78, 5) is 23.4. The monoisotopic (exact) mass is 382 g/mol. The van der Waals surface area contributed by atoms with Crippen molar-refractivity contribution >= 4 is 45.2 Å². The molecular weight excluding hydrogens is 371 g/mol. The lowest BCUT2D eigenvalue weighted by Gasteiger charge is -2.04. The quantitative estimate of drug-likeness (QED) is 0.567. The highest BCUT2D eigenvalue weighted by Gasteiger charge is 2.07. The Bertz CT molecular complexity index is 1160. The molecule has 4 aromatic rings. The molecule has 128 valence electrons. The Kier molecular flexibility index (Phi) is 4.32. The first-order valence-corrected chi connectivity index (χ1v) is 8.51. The third-order valence-electron chi connectivity index (χ3n) is 3.88. The fourth-order valence-electron chi connectivity index (χ4n) is 2.59. The summed E-state index contributed by atoms with van der Waals surface area (Å²) in [5.41, 5.74) is 2.13. The van der Waals surface area contributed by atoms with Crippen molar-refractivity contribution in [1.29, 1.82) is 0 Å². The van der Waals surface area contributed by atoms with Gasteiger partial charge in [0.15, 0.2) is 5.82 Å². The zero-order valence-electron chi connectivity index (χ0n) is 13.4. The summed E-state index contributed by atoms with van der Waals surface area (Å²) in [5.74, 6) is 0.310. The number of aromatic amines is 1. The number of nitrogens with one attached hydrogen (secondary N) is 1. The maximum Gasteiger partial charge on any atom is 0.259 e. The van der Waals surface area contributed by atoms with Crippen molar-refractivity contribution in [2.45, 2.75) is 0 Å². The first-order chi connectivity index (χ1) is 12.6. The van der Waals surface area contributed by atoms with Crippen LogP contribution in [0.2, 0.25) is 5.02 Å². The summed E-state index contributed by atoms with van der Waals surface area (Å²) in [6.45, 7) is 0. The lowest BCUT2D eigenvalue weighted by atomic mass is 10.2. The predicted octanol–water partition coefficient (Wildman–Crippen LogP) is 4.50. The minimum Gasteiger partial charge on any atom is -0.306 e. The van der Waals surface area contributed by atoms with Gasteiger partial charge in [-0.3, -0.25) is 4.79 Å². The summed E-state index contributed by atoms with van der Waals surface area (Å²) in [6.07, 6.45) is 7.07. The van der Waals surface area contributed by atoms with Gasteiger partial charge in [0.05, 0.1) is 22.3 Å². The number of nitrogens with zero attached hydrogens (tertiary/aromatic N) is 3. The Morgan fingerprint density at radius 1 is 1.15 bits per heavy atom. The normalized spacial score (nSPS) is 11.8. The van der Waals surface area contributed by atoms with Crippen LogP contribution in [0, 0.1) is 0 Å². The molecule has 0 saturated heterocycles. The van der Waals surface area contributed by atoms with Crippen LogP contribution in [0.1, 0.15) is 11.4 Å². The standard InChI is InChI=1S/C19H12Cl2N4O/c20-13-3-6-17-15(10-13)19(26)24-18(23-17)16(21)9-12-1-4-14(5-2-12)25-8-7-22-11-25/h1-11H,(H,23,24,26)/b16-9-. The maximum atomic E-state index is 12.2. The topological polar surface area (TPSA) is 63.6 Å². The summed E-state index contributed by atoms with van der Waals surface area (Å²) in [6, 6.07) is 12.7. The number of H-pyrrole nitrogens is 1. The van der Waals surface area contributed by atoms with E-state index in [1.54, 1.807) is 36.8 Å². The molecular formula is C19H12Cl2N4O. The van der Waals surface area contributed by atoms with Gasteiger partial charge in [-0.1, -0.05) is 35.3 Å². The van der Waals surface area contributed by atoms with Crippen molar-refractivity contribution < 1.29 is 0 Å². The van der Waals surface area contributed by atoms with Crippen molar-refractivity contribution in [3.8, 4) is 5.69 Å². The summed E-state index contributed by atoms with van der Waals surface area (Å²) in [7, 11) is 0. The molecule has 2 aromatic heterocycles. The van der Waals surface area contributed by atoms with Crippen LogP contribution in [-0.4, -0.2) is 19.5 Å². The molecule has 4 rings (SSSR count). The van der Waals surface area contributed by atoms with Crippen LogP contribution in [0.25, 0.3) is 27.7 Å². The summed E-state index contributed by atoms with van der Waals surface area (Å²) >= 11 is 12.3. The summed E-state index contributed by atoms with van der Waals surface area (Å²) < 4.78 is 1.91. The van der Waals surface area contributed by atoms with Gasteiger partial charge in [0.2, 0.25) is 0 Å². The van der Waals surface area contributed by atoms with E-state index in [1.165, 1.54) is 0 Å². The van der Waals surface area contributed by atoms with Crippen LogP contribution in [0.5, 0.6) is 0 Å². The van der Waals surface area contributed by atoms with E-state index in [2.05, 4.69) is 15.0 Å². The number of fused-ring (bicyclic) bond motifs is 1. The first kappa shape index (κ1) is 16.6. The van der Waals surface area contributed by atoms with Crippen molar-refractivity contribution in [3.05, 3.63) is 87.9 Å². The molecule has 0 spiro atoms. The van der Waals surface area contributed by atoms with Crippen LogP contribution >= 0.6 is 23.2 Å². The molecule has 1 N–H and O–H groups in total. The van der Waals surface area contributed by atoms with Crippen LogP contribution in [0.3, 0.4) is 0 Å². The fraction of sp³-hybridized carbons (Fsp3) is 0. The van der Waals surface area contributed by atoms with E-state index in [4.69, 9.17) is 23.2 Å². The Morgan fingerprint density at radius 3 is 2.69 bits per heavy atom. The highest BCUT2D eigenvalue weighted by Crippen LogP contribution is 2.21. The number of benzene rings is 2. The lowest BCUT2D eigenvalue weighted by molar-refractivity contribution is 1.06. The van der Waals surface area contributed by atoms with Gasteiger partial charge in [-0.15, -0.1) is 0 Å². The molecule has 0 saturated carbocycles. The molecule has 2 aromatic carbocycles. The molecule has 0 radical (unpaired) electrons. The van der Waals surface area contributed by atoms with Crippen LogP contribution in [-0.2, 0) is 0 Å². The Balaban J connectivity index is 1.68. The molecule has 0 atom stereocenters. The number of hydrogen-bond acceptors (Lipinski definition) is 3. The zero-order chi connectivity index (χ0) is 18.1. The van der Waals surface area contributed by atoms with E-state index in [0.29, 0.717) is 26.8 Å². The van der Waals surface area contributed by atoms with Gasteiger partial charge in [0.25, 0.3) is 5.56 Å². The molecule has 0 aliphatic rings. The van der Waals surface area contributed by atoms with E-state index < -0.39 is 0 Å². The van der Waals surface area contributed by atoms with Crippen molar-refractivity contribution in [3.63, 3.8) is 0 Å². The average molecular weight is 383 g/mol. The van der Waals surface area contributed by atoms with Crippen LogP contribution in [0.15, 0.2) is 66.0 Å². The molecule has 5 nitrogen and oxygen atoms in total. The van der Waals surface area contributed by atoms with Gasteiger partial charge < -0.3 is 9.55 Å². The Morgan fingerprint density at radius 2 is 1.96 bits per heavy atom. The number of imidazole rings is 1. The van der Waals surface area contributed by atoms with Gasteiger partial charge in [-0.25, -0.2) is 9.97 Å². The van der Waals surface area contributed by atoms with Gasteiger partial charge in [-0.2, -0.15) is 0 Å². The van der Waals surface area contributed by atoms with Gasteiger partial charge in [0, 0.05) is 23.1 Å². The van der Waals surface area contributed by atoms with E-state index in [-0.39, 0.29) is 5.56 Å². The molecule has 0 aliphatic carbocycles. The third-order valence-corrected chi connectivity index (χ3v) is 4.41. The molecule has 0 unspecified atom stereocenters. The first-order valence-electron chi connectivity index (χ1n) is 7.76. The fourth-order valence-corrected chi connectivity index (χ4v) is 2.98. The zero-order valence-corrected chi connectivity index (χ0v) is 14.9. The molecule has 26 heavy (non-hydrogen) atoms. The van der Waals surface area contributed by atoms with Crippen molar-refractivity contribution in [2.75, 3.05) is 0 Å². The minimum absolute atomic E-state index is 0.283. The molecule has 0 bridgehead atoms. The largest absolute Gasteiger partial charge is 0.306 e.